The van der Waals surface area contributed by atoms with Gasteiger partial charge in [0.05, 0.1) is 6.20 Å². The van der Waals surface area contributed by atoms with Crippen molar-refractivity contribution in [2.75, 3.05) is 6.54 Å². The molecule has 1 atom stereocenters. The standard InChI is InChI=1S/C15H20FN3O/c1-4-17-11(2)14-6-5-13(7-15(14)16)20-10-12-8-18-19(3)9-12/h5-9,11,17H,4,10H2,1-3H3. The molecule has 0 aliphatic heterocycles. The van der Waals surface area contributed by atoms with Crippen LogP contribution in [0.5, 0.6) is 5.75 Å². The van der Waals surface area contributed by atoms with Crippen molar-refractivity contribution in [1.29, 1.82) is 0 Å². The molecule has 0 spiro atoms. The van der Waals surface area contributed by atoms with E-state index < -0.39 is 0 Å². The number of benzene rings is 1. The predicted octanol–water partition coefficient (Wildman–Crippen LogP) is 2.81. The monoisotopic (exact) mass is 277 g/mol. The molecule has 0 amide bonds. The Hall–Kier alpha value is -1.88. The van der Waals surface area contributed by atoms with Gasteiger partial charge >= 0.3 is 0 Å². The van der Waals surface area contributed by atoms with Crippen molar-refractivity contribution in [3.05, 3.63) is 47.5 Å². The van der Waals surface area contributed by atoms with Gasteiger partial charge in [-0.25, -0.2) is 4.39 Å². The first kappa shape index (κ1) is 14.5. The first-order chi connectivity index (χ1) is 9.60. The number of hydrogen-bond acceptors (Lipinski definition) is 3. The minimum atomic E-state index is -0.248. The Morgan fingerprint density at radius 3 is 2.85 bits per heavy atom. The van der Waals surface area contributed by atoms with Gasteiger partial charge in [0, 0.05) is 36.5 Å². The van der Waals surface area contributed by atoms with Crippen LogP contribution in [0.4, 0.5) is 4.39 Å². The fraction of sp³-hybridized carbons (Fsp3) is 0.400. The Bertz CT molecular complexity index is 568. The molecule has 2 rings (SSSR count). The van der Waals surface area contributed by atoms with Gasteiger partial charge in [-0.1, -0.05) is 13.0 Å². The van der Waals surface area contributed by atoms with Crippen LogP contribution < -0.4 is 10.1 Å². The predicted molar refractivity (Wildman–Crippen MR) is 76.0 cm³/mol. The molecule has 0 radical (unpaired) electrons. The maximum atomic E-state index is 14.0. The molecule has 0 aliphatic carbocycles. The molecule has 1 heterocycles. The number of aryl methyl sites for hydroxylation is 1. The second kappa shape index (κ2) is 6.52. The van der Waals surface area contributed by atoms with Crippen molar-refractivity contribution < 1.29 is 9.13 Å². The minimum Gasteiger partial charge on any atom is -0.489 e. The first-order valence-electron chi connectivity index (χ1n) is 6.73. The van der Waals surface area contributed by atoms with Crippen LogP contribution in [0, 0.1) is 5.82 Å². The maximum absolute atomic E-state index is 14.0. The highest BCUT2D eigenvalue weighted by Gasteiger charge is 2.11. The summed E-state index contributed by atoms with van der Waals surface area (Å²) in [7, 11) is 1.85. The van der Waals surface area contributed by atoms with Gasteiger partial charge in [-0.15, -0.1) is 0 Å². The van der Waals surface area contributed by atoms with Crippen LogP contribution in [0.1, 0.15) is 31.0 Å². The van der Waals surface area contributed by atoms with Gasteiger partial charge in [-0.2, -0.15) is 5.10 Å². The van der Waals surface area contributed by atoms with Gasteiger partial charge in [0.2, 0.25) is 0 Å². The average Bonchev–Trinajstić information content (AvgIpc) is 2.82. The smallest absolute Gasteiger partial charge is 0.131 e. The van der Waals surface area contributed by atoms with E-state index in [1.54, 1.807) is 23.0 Å². The van der Waals surface area contributed by atoms with Gasteiger partial charge in [0.25, 0.3) is 0 Å². The molecule has 0 saturated heterocycles. The van der Waals surface area contributed by atoms with Gasteiger partial charge in [0.15, 0.2) is 0 Å². The maximum Gasteiger partial charge on any atom is 0.131 e. The number of ether oxygens (including phenoxy) is 1. The summed E-state index contributed by atoms with van der Waals surface area (Å²) < 4.78 is 21.3. The highest BCUT2D eigenvalue weighted by atomic mass is 19.1. The molecule has 1 aromatic carbocycles. The van der Waals surface area contributed by atoms with E-state index in [-0.39, 0.29) is 11.9 Å². The second-order valence-corrected chi connectivity index (χ2v) is 4.77. The molecule has 1 aromatic heterocycles. The SMILES string of the molecule is CCNC(C)c1ccc(OCc2cnn(C)c2)cc1F. The summed E-state index contributed by atoms with van der Waals surface area (Å²) in [5.74, 6) is 0.279. The van der Waals surface area contributed by atoms with Crippen LogP contribution in [0.25, 0.3) is 0 Å². The molecule has 0 bridgehead atoms. The Balaban J connectivity index is 2.01. The Morgan fingerprint density at radius 2 is 2.25 bits per heavy atom. The molecular weight excluding hydrogens is 257 g/mol. The number of halogens is 1. The zero-order valence-corrected chi connectivity index (χ0v) is 12.1. The molecule has 0 saturated carbocycles. The third-order valence-electron chi connectivity index (χ3n) is 3.11. The summed E-state index contributed by atoms with van der Waals surface area (Å²) in [6.45, 7) is 5.13. The third-order valence-corrected chi connectivity index (χ3v) is 3.11. The summed E-state index contributed by atoms with van der Waals surface area (Å²) in [5, 5.41) is 7.25. The fourth-order valence-corrected chi connectivity index (χ4v) is 2.08. The Morgan fingerprint density at radius 1 is 1.45 bits per heavy atom. The zero-order chi connectivity index (χ0) is 14.5. The molecule has 20 heavy (non-hydrogen) atoms. The minimum absolute atomic E-state index is 0.00706. The van der Waals surface area contributed by atoms with Crippen LogP contribution >= 0.6 is 0 Å². The molecule has 4 nitrogen and oxygen atoms in total. The lowest BCUT2D eigenvalue weighted by atomic mass is 10.1. The van der Waals surface area contributed by atoms with Crippen LogP contribution in [0.3, 0.4) is 0 Å². The van der Waals surface area contributed by atoms with Crippen molar-refractivity contribution in [3.8, 4) is 5.75 Å². The van der Waals surface area contributed by atoms with Gasteiger partial charge < -0.3 is 10.1 Å². The number of rotatable bonds is 6. The molecular formula is C15H20FN3O. The quantitative estimate of drug-likeness (QED) is 0.882. The molecule has 0 fully saturated rings. The molecule has 108 valence electrons. The Kier molecular flexibility index (Phi) is 4.74. The van der Waals surface area contributed by atoms with Crippen molar-refractivity contribution in [2.24, 2.45) is 7.05 Å². The highest BCUT2D eigenvalue weighted by molar-refractivity contribution is 5.30. The number of nitrogens with one attached hydrogen (secondary N) is 1. The lowest BCUT2D eigenvalue weighted by Crippen LogP contribution is -2.18. The molecule has 2 aromatic rings. The van der Waals surface area contributed by atoms with Crippen LogP contribution in [0.2, 0.25) is 0 Å². The second-order valence-electron chi connectivity index (χ2n) is 4.77. The van der Waals surface area contributed by atoms with Crippen molar-refractivity contribution in [3.63, 3.8) is 0 Å². The van der Waals surface area contributed by atoms with Gasteiger partial charge in [-0.05, 0) is 19.5 Å². The average molecular weight is 277 g/mol. The van der Waals surface area contributed by atoms with Crippen LogP contribution in [-0.2, 0) is 13.7 Å². The molecule has 1 unspecified atom stereocenters. The number of hydrogen-bond donors (Lipinski definition) is 1. The lowest BCUT2D eigenvalue weighted by molar-refractivity contribution is 0.304. The first-order valence-corrected chi connectivity index (χ1v) is 6.73. The highest BCUT2D eigenvalue weighted by Crippen LogP contribution is 2.22. The summed E-state index contributed by atoms with van der Waals surface area (Å²) >= 11 is 0. The summed E-state index contributed by atoms with van der Waals surface area (Å²) in [6.07, 6.45) is 3.61. The summed E-state index contributed by atoms with van der Waals surface area (Å²) in [5.41, 5.74) is 1.61. The molecule has 5 heteroatoms. The van der Waals surface area contributed by atoms with E-state index in [1.807, 2.05) is 27.1 Å². The summed E-state index contributed by atoms with van der Waals surface area (Å²) in [4.78, 5) is 0. The number of aromatic nitrogens is 2. The topological polar surface area (TPSA) is 39.1 Å². The third kappa shape index (κ3) is 3.57. The van der Waals surface area contributed by atoms with E-state index in [0.29, 0.717) is 17.9 Å². The zero-order valence-electron chi connectivity index (χ0n) is 12.1. The van der Waals surface area contributed by atoms with Crippen LogP contribution in [-0.4, -0.2) is 16.3 Å². The summed E-state index contributed by atoms with van der Waals surface area (Å²) in [6, 6.07) is 4.98. The normalized spacial score (nSPS) is 12.4. The van der Waals surface area contributed by atoms with Crippen molar-refractivity contribution in [2.45, 2.75) is 26.5 Å². The molecule has 0 aliphatic rings. The van der Waals surface area contributed by atoms with Crippen LogP contribution in [0.15, 0.2) is 30.6 Å². The van der Waals surface area contributed by atoms with Crippen molar-refractivity contribution in [1.82, 2.24) is 15.1 Å². The van der Waals surface area contributed by atoms with E-state index >= 15 is 0 Å². The van der Waals surface area contributed by atoms with E-state index in [4.69, 9.17) is 4.74 Å². The van der Waals surface area contributed by atoms with E-state index in [2.05, 4.69) is 10.4 Å². The van der Waals surface area contributed by atoms with Gasteiger partial charge in [-0.3, -0.25) is 4.68 Å². The lowest BCUT2D eigenvalue weighted by Gasteiger charge is -2.14. The Labute approximate surface area is 118 Å². The van der Waals surface area contributed by atoms with Crippen molar-refractivity contribution >= 4 is 0 Å². The van der Waals surface area contributed by atoms with E-state index in [1.165, 1.54) is 6.07 Å². The number of nitrogens with zero attached hydrogens (tertiary/aromatic N) is 2. The molecule has 1 N–H and O–H groups in total. The largest absolute Gasteiger partial charge is 0.489 e. The van der Waals surface area contributed by atoms with E-state index in [9.17, 15) is 4.39 Å². The van der Waals surface area contributed by atoms with Gasteiger partial charge in [0.1, 0.15) is 18.2 Å². The van der Waals surface area contributed by atoms with E-state index in [0.717, 1.165) is 12.1 Å². The fourth-order valence-electron chi connectivity index (χ4n) is 2.08.